The topological polar surface area (TPSA) is 21.3 Å². The Morgan fingerprint density at radius 1 is 1.39 bits per heavy atom. The second-order valence-electron chi connectivity index (χ2n) is 5.76. The Bertz CT molecular complexity index is 402. The first-order valence-corrected chi connectivity index (χ1v) is 7.03. The normalized spacial score (nSPS) is 28.6. The van der Waals surface area contributed by atoms with E-state index >= 15 is 0 Å². The van der Waals surface area contributed by atoms with Gasteiger partial charge in [-0.2, -0.15) is 0 Å². The summed E-state index contributed by atoms with van der Waals surface area (Å²) in [5, 5.41) is 3.53. The molecule has 1 aliphatic heterocycles. The highest BCUT2D eigenvalue weighted by Gasteiger charge is 2.36. The maximum Gasteiger partial charge on any atom is 0.0960 e. The molecule has 1 aliphatic rings. The number of aryl methyl sites for hydroxylation is 1. The van der Waals surface area contributed by atoms with Crippen molar-refractivity contribution in [3.05, 3.63) is 35.4 Å². The summed E-state index contributed by atoms with van der Waals surface area (Å²) in [4.78, 5) is 0. The molecule has 1 aromatic rings. The van der Waals surface area contributed by atoms with Crippen LogP contribution in [0.5, 0.6) is 0 Å². The predicted molar refractivity (Wildman–Crippen MR) is 75.8 cm³/mol. The van der Waals surface area contributed by atoms with Crippen molar-refractivity contribution in [2.45, 2.75) is 45.8 Å². The molecule has 2 rings (SSSR count). The summed E-state index contributed by atoms with van der Waals surface area (Å²) in [5.74, 6) is 0.515. The minimum absolute atomic E-state index is 0.0657. The summed E-state index contributed by atoms with van der Waals surface area (Å²) in [6.45, 7) is 10.7. The van der Waals surface area contributed by atoms with E-state index in [0.29, 0.717) is 5.92 Å². The Kier molecular flexibility index (Phi) is 4.08. The molecule has 2 heteroatoms. The molecule has 0 spiro atoms. The molecular weight excluding hydrogens is 222 g/mol. The lowest BCUT2D eigenvalue weighted by molar-refractivity contribution is -0.132. The van der Waals surface area contributed by atoms with Gasteiger partial charge < -0.3 is 10.1 Å². The van der Waals surface area contributed by atoms with Gasteiger partial charge in [0, 0.05) is 13.1 Å². The van der Waals surface area contributed by atoms with Crippen LogP contribution in [0.1, 0.15) is 44.9 Å². The minimum atomic E-state index is -0.0657. The van der Waals surface area contributed by atoms with Gasteiger partial charge in [-0.05, 0) is 30.4 Å². The molecule has 1 aromatic carbocycles. The third-order valence-corrected chi connectivity index (χ3v) is 4.22. The van der Waals surface area contributed by atoms with Crippen molar-refractivity contribution in [3.63, 3.8) is 0 Å². The smallest absolute Gasteiger partial charge is 0.0960 e. The molecule has 0 aromatic heterocycles. The van der Waals surface area contributed by atoms with Crippen molar-refractivity contribution >= 4 is 0 Å². The molecule has 2 nitrogen and oxygen atoms in total. The minimum Gasteiger partial charge on any atom is -0.364 e. The van der Waals surface area contributed by atoms with Crippen LogP contribution in [0.25, 0.3) is 0 Å². The second-order valence-corrected chi connectivity index (χ2v) is 5.76. The molecule has 0 radical (unpaired) electrons. The van der Waals surface area contributed by atoms with Crippen LogP contribution in [0.4, 0.5) is 0 Å². The van der Waals surface area contributed by atoms with Crippen LogP contribution in [0.15, 0.2) is 24.3 Å². The summed E-state index contributed by atoms with van der Waals surface area (Å²) in [7, 11) is 0. The highest BCUT2D eigenvalue weighted by Crippen LogP contribution is 2.33. The van der Waals surface area contributed by atoms with Crippen LogP contribution in [-0.4, -0.2) is 18.7 Å². The predicted octanol–water partition coefficient (Wildman–Crippen LogP) is 3.32. The van der Waals surface area contributed by atoms with Gasteiger partial charge in [0.05, 0.1) is 11.7 Å². The lowest BCUT2D eigenvalue weighted by Gasteiger charge is -2.42. The Morgan fingerprint density at radius 2 is 2.11 bits per heavy atom. The van der Waals surface area contributed by atoms with Gasteiger partial charge >= 0.3 is 0 Å². The van der Waals surface area contributed by atoms with Crippen molar-refractivity contribution in [2.75, 3.05) is 13.1 Å². The van der Waals surface area contributed by atoms with Gasteiger partial charge in [-0.3, -0.25) is 0 Å². The fourth-order valence-corrected chi connectivity index (χ4v) is 2.54. The highest BCUT2D eigenvalue weighted by molar-refractivity contribution is 5.30. The van der Waals surface area contributed by atoms with Crippen LogP contribution in [0.2, 0.25) is 0 Å². The molecule has 100 valence electrons. The van der Waals surface area contributed by atoms with Gasteiger partial charge in [-0.1, -0.05) is 45.0 Å². The van der Waals surface area contributed by atoms with Crippen LogP contribution in [0.3, 0.4) is 0 Å². The number of nitrogens with one attached hydrogen (secondary N) is 1. The first-order chi connectivity index (χ1) is 8.57. The van der Waals surface area contributed by atoms with E-state index in [1.165, 1.54) is 11.1 Å². The van der Waals surface area contributed by atoms with Gasteiger partial charge in [-0.25, -0.2) is 0 Å². The molecule has 18 heavy (non-hydrogen) atoms. The largest absolute Gasteiger partial charge is 0.364 e. The van der Waals surface area contributed by atoms with Crippen molar-refractivity contribution in [2.24, 2.45) is 5.92 Å². The summed E-state index contributed by atoms with van der Waals surface area (Å²) in [6.07, 6.45) is 1.25. The van der Waals surface area contributed by atoms with Gasteiger partial charge in [0.15, 0.2) is 0 Å². The molecule has 1 heterocycles. The van der Waals surface area contributed by atoms with Crippen LogP contribution >= 0.6 is 0 Å². The Labute approximate surface area is 111 Å². The maximum absolute atomic E-state index is 6.40. The third-order valence-electron chi connectivity index (χ3n) is 4.22. The van der Waals surface area contributed by atoms with E-state index in [-0.39, 0.29) is 11.7 Å². The first-order valence-electron chi connectivity index (χ1n) is 7.03. The van der Waals surface area contributed by atoms with Crippen molar-refractivity contribution < 1.29 is 4.74 Å². The lowest BCUT2D eigenvalue weighted by Crippen LogP contribution is -2.52. The average Bonchev–Trinajstić information content (AvgIpc) is 2.38. The van der Waals surface area contributed by atoms with E-state index in [0.717, 1.165) is 19.5 Å². The fourth-order valence-electron chi connectivity index (χ4n) is 2.54. The van der Waals surface area contributed by atoms with Crippen molar-refractivity contribution in [1.82, 2.24) is 5.32 Å². The zero-order chi connectivity index (χ0) is 13.2. The van der Waals surface area contributed by atoms with E-state index in [1.807, 2.05) is 0 Å². The third kappa shape index (κ3) is 2.60. The van der Waals surface area contributed by atoms with Crippen molar-refractivity contribution in [3.8, 4) is 0 Å². The van der Waals surface area contributed by atoms with Crippen LogP contribution < -0.4 is 5.32 Å². The number of ether oxygens (including phenoxy) is 1. The SMILES string of the molecule is CCc1ccccc1C1CNCC(C)(C(C)C)O1. The molecule has 1 fully saturated rings. The molecular formula is C16H25NO. The monoisotopic (exact) mass is 247 g/mol. The molecule has 2 atom stereocenters. The zero-order valence-corrected chi connectivity index (χ0v) is 12.0. The molecule has 0 saturated carbocycles. The maximum atomic E-state index is 6.40. The second kappa shape index (κ2) is 5.41. The van der Waals surface area contributed by atoms with E-state index < -0.39 is 0 Å². The number of hydrogen-bond donors (Lipinski definition) is 1. The van der Waals surface area contributed by atoms with E-state index in [4.69, 9.17) is 4.74 Å². The molecule has 1 saturated heterocycles. The number of hydrogen-bond acceptors (Lipinski definition) is 2. The molecule has 0 aliphatic carbocycles. The van der Waals surface area contributed by atoms with Crippen LogP contribution in [-0.2, 0) is 11.2 Å². The summed E-state index contributed by atoms with van der Waals surface area (Å²) in [6, 6.07) is 8.64. The van der Waals surface area contributed by atoms with Crippen LogP contribution in [0, 0.1) is 5.92 Å². The molecule has 0 bridgehead atoms. The molecule has 1 N–H and O–H groups in total. The summed E-state index contributed by atoms with van der Waals surface area (Å²) >= 11 is 0. The first kappa shape index (κ1) is 13.6. The van der Waals surface area contributed by atoms with Gasteiger partial charge in [0.1, 0.15) is 0 Å². The Hall–Kier alpha value is -0.860. The quantitative estimate of drug-likeness (QED) is 0.884. The lowest BCUT2D eigenvalue weighted by atomic mass is 9.89. The zero-order valence-electron chi connectivity index (χ0n) is 12.0. The number of benzene rings is 1. The van der Waals surface area contributed by atoms with Gasteiger partial charge in [0.2, 0.25) is 0 Å². The highest BCUT2D eigenvalue weighted by atomic mass is 16.5. The Morgan fingerprint density at radius 3 is 2.78 bits per heavy atom. The fraction of sp³-hybridized carbons (Fsp3) is 0.625. The van der Waals surface area contributed by atoms with Gasteiger partial charge in [0.25, 0.3) is 0 Å². The number of rotatable bonds is 3. The van der Waals surface area contributed by atoms with E-state index in [9.17, 15) is 0 Å². The van der Waals surface area contributed by atoms with E-state index in [2.05, 4.69) is 57.3 Å². The summed E-state index contributed by atoms with van der Waals surface area (Å²) in [5.41, 5.74) is 2.68. The van der Waals surface area contributed by atoms with Gasteiger partial charge in [-0.15, -0.1) is 0 Å². The Balaban J connectivity index is 2.23. The van der Waals surface area contributed by atoms with E-state index in [1.54, 1.807) is 0 Å². The van der Waals surface area contributed by atoms with Crippen molar-refractivity contribution in [1.29, 1.82) is 0 Å². The molecule has 2 unspecified atom stereocenters. The number of morpholine rings is 1. The molecule has 0 amide bonds. The standard InChI is InChI=1S/C16H25NO/c1-5-13-8-6-7-9-14(13)15-10-17-11-16(4,18-15)12(2)3/h6-9,12,15,17H,5,10-11H2,1-4H3. The average molecular weight is 247 g/mol. The summed E-state index contributed by atoms with van der Waals surface area (Å²) < 4.78 is 6.40.